The van der Waals surface area contributed by atoms with E-state index >= 15 is 0 Å². The van der Waals surface area contributed by atoms with Crippen molar-refractivity contribution in [2.75, 3.05) is 27.2 Å². The fourth-order valence-electron chi connectivity index (χ4n) is 3.23. The number of nitro groups is 1. The molecule has 2 heterocycles. The SMILES string of the molecule is CN(C)CCN1C(=O)C(=O)/C(=C(\O)c2cccc([N+](=O)[O-])c2)C1c1ccncc1. The molecule has 1 amide bonds. The van der Waals surface area contributed by atoms with Crippen LogP contribution in [-0.2, 0) is 9.59 Å². The third kappa shape index (κ3) is 3.99. The number of ketones is 1. The summed E-state index contributed by atoms with van der Waals surface area (Å²) in [6.45, 7) is 0.793. The van der Waals surface area contributed by atoms with Crippen LogP contribution in [0.5, 0.6) is 0 Å². The summed E-state index contributed by atoms with van der Waals surface area (Å²) in [4.78, 5) is 43.2. The van der Waals surface area contributed by atoms with E-state index in [0.717, 1.165) is 0 Å². The van der Waals surface area contributed by atoms with Crippen LogP contribution in [0.2, 0.25) is 0 Å². The summed E-state index contributed by atoms with van der Waals surface area (Å²) >= 11 is 0. The lowest BCUT2D eigenvalue weighted by Gasteiger charge is -2.26. The summed E-state index contributed by atoms with van der Waals surface area (Å²) < 4.78 is 0. The van der Waals surface area contributed by atoms with Gasteiger partial charge in [-0.05, 0) is 31.8 Å². The summed E-state index contributed by atoms with van der Waals surface area (Å²) in [5.41, 5.74) is 0.394. The Morgan fingerprint density at radius 3 is 2.55 bits per heavy atom. The average molecular weight is 396 g/mol. The second-order valence-electron chi connectivity index (χ2n) is 6.88. The summed E-state index contributed by atoms with van der Waals surface area (Å²) in [6, 6.07) is 7.85. The molecular formula is C20H20N4O5. The number of pyridine rings is 1. The molecule has 3 rings (SSSR count). The van der Waals surface area contributed by atoms with Crippen LogP contribution >= 0.6 is 0 Å². The minimum Gasteiger partial charge on any atom is -0.507 e. The molecule has 0 bridgehead atoms. The van der Waals surface area contributed by atoms with E-state index in [1.54, 1.807) is 12.1 Å². The number of aromatic nitrogens is 1. The second-order valence-corrected chi connectivity index (χ2v) is 6.88. The number of aliphatic hydroxyl groups excluding tert-OH is 1. The molecule has 0 spiro atoms. The number of Topliss-reactive ketones (excluding diaryl/α,β-unsaturated/α-hetero) is 1. The van der Waals surface area contributed by atoms with E-state index in [1.807, 2.05) is 19.0 Å². The van der Waals surface area contributed by atoms with E-state index < -0.39 is 28.4 Å². The highest BCUT2D eigenvalue weighted by molar-refractivity contribution is 6.46. The highest BCUT2D eigenvalue weighted by atomic mass is 16.6. The number of likely N-dealkylation sites (tertiary alicyclic amines) is 1. The number of hydrogen-bond acceptors (Lipinski definition) is 7. The quantitative estimate of drug-likeness (QED) is 0.261. The minimum absolute atomic E-state index is 0.0968. The number of carbonyl (C=O) groups is 2. The van der Waals surface area contributed by atoms with Gasteiger partial charge in [-0.2, -0.15) is 0 Å². The van der Waals surface area contributed by atoms with Crippen LogP contribution in [-0.4, -0.2) is 63.7 Å². The van der Waals surface area contributed by atoms with Crippen LogP contribution in [0.25, 0.3) is 5.76 Å². The zero-order valence-electron chi connectivity index (χ0n) is 16.0. The maximum Gasteiger partial charge on any atom is 0.295 e. The first-order valence-corrected chi connectivity index (χ1v) is 8.89. The highest BCUT2D eigenvalue weighted by Gasteiger charge is 2.45. The molecule has 1 atom stereocenters. The maximum atomic E-state index is 12.8. The van der Waals surface area contributed by atoms with Crippen LogP contribution in [0.3, 0.4) is 0 Å². The Labute approximate surface area is 167 Å². The number of nitro benzene ring substituents is 1. The van der Waals surface area contributed by atoms with E-state index in [-0.39, 0.29) is 23.4 Å². The maximum absolute atomic E-state index is 12.8. The van der Waals surface area contributed by atoms with E-state index in [4.69, 9.17) is 0 Å². The van der Waals surface area contributed by atoms with Gasteiger partial charge in [-0.3, -0.25) is 24.7 Å². The van der Waals surface area contributed by atoms with E-state index in [2.05, 4.69) is 4.98 Å². The monoisotopic (exact) mass is 396 g/mol. The van der Waals surface area contributed by atoms with Gasteiger partial charge in [0.15, 0.2) is 0 Å². The van der Waals surface area contributed by atoms with Crippen molar-refractivity contribution in [2.45, 2.75) is 6.04 Å². The average Bonchev–Trinajstić information content (AvgIpc) is 2.97. The Hall–Kier alpha value is -3.59. The third-order valence-electron chi connectivity index (χ3n) is 4.68. The van der Waals surface area contributed by atoms with Crippen LogP contribution in [0, 0.1) is 10.1 Å². The number of amides is 1. The molecule has 1 fully saturated rings. The molecule has 9 nitrogen and oxygen atoms in total. The standard InChI is InChI=1S/C20H20N4O5/c1-22(2)10-11-23-17(13-6-8-21-9-7-13)16(19(26)20(23)27)18(25)14-4-3-5-15(12-14)24(28)29/h3-9,12,17,25H,10-11H2,1-2H3/b18-16-. The number of non-ortho nitro benzene ring substituents is 1. The molecular weight excluding hydrogens is 376 g/mol. The fraction of sp³-hybridized carbons (Fsp3) is 0.250. The topological polar surface area (TPSA) is 117 Å². The molecule has 29 heavy (non-hydrogen) atoms. The number of hydrogen-bond donors (Lipinski definition) is 1. The second kappa shape index (κ2) is 8.19. The number of rotatable bonds is 6. The van der Waals surface area contributed by atoms with Crippen LogP contribution < -0.4 is 0 Å². The summed E-state index contributed by atoms with van der Waals surface area (Å²) in [7, 11) is 3.70. The largest absolute Gasteiger partial charge is 0.507 e. The molecule has 0 saturated carbocycles. The van der Waals surface area contributed by atoms with Gasteiger partial charge in [0.25, 0.3) is 17.4 Å². The summed E-state index contributed by atoms with van der Waals surface area (Å²) in [6.07, 6.45) is 3.07. The van der Waals surface area contributed by atoms with E-state index in [9.17, 15) is 24.8 Å². The first-order chi connectivity index (χ1) is 13.8. The Morgan fingerprint density at radius 1 is 1.24 bits per heavy atom. The van der Waals surface area contributed by atoms with Crippen LogP contribution in [0.1, 0.15) is 17.2 Å². The van der Waals surface area contributed by atoms with Gasteiger partial charge in [-0.15, -0.1) is 0 Å². The van der Waals surface area contributed by atoms with Gasteiger partial charge in [0.2, 0.25) is 0 Å². The predicted molar refractivity (Wildman–Crippen MR) is 105 cm³/mol. The predicted octanol–water partition coefficient (Wildman–Crippen LogP) is 1.97. The Balaban J connectivity index is 2.15. The number of nitrogens with zero attached hydrogens (tertiary/aromatic N) is 4. The normalized spacial score (nSPS) is 18.4. The lowest BCUT2D eigenvalue weighted by molar-refractivity contribution is -0.384. The van der Waals surface area contributed by atoms with Gasteiger partial charge in [-0.1, -0.05) is 12.1 Å². The Kier molecular flexibility index (Phi) is 5.69. The third-order valence-corrected chi connectivity index (χ3v) is 4.68. The van der Waals surface area contributed by atoms with Crippen molar-refractivity contribution >= 4 is 23.1 Å². The number of aliphatic hydroxyl groups is 1. The van der Waals surface area contributed by atoms with Crippen LogP contribution in [0.15, 0.2) is 54.4 Å². The van der Waals surface area contributed by atoms with Crippen molar-refractivity contribution in [3.05, 3.63) is 75.6 Å². The minimum atomic E-state index is -0.824. The number of benzene rings is 1. The number of likely N-dealkylation sites (N-methyl/N-ethyl adjacent to an activating group) is 1. The van der Waals surface area contributed by atoms with Gasteiger partial charge in [0.05, 0.1) is 16.5 Å². The zero-order chi connectivity index (χ0) is 21.1. The molecule has 1 aromatic carbocycles. The molecule has 1 aliphatic rings. The lowest BCUT2D eigenvalue weighted by Crippen LogP contribution is -2.35. The Bertz CT molecular complexity index is 987. The summed E-state index contributed by atoms with van der Waals surface area (Å²) in [5.74, 6) is -1.99. The molecule has 1 saturated heterocycles. The highest BCUT2D eigenvalue weighted by Crippen LogP contribution is 2.39. The fourth-order valence-corrected chi connectivity index (χ4v) is 3.23. The summed E-state index contributed by atoms with van der Waals surface area (Å²) in [5, 5.41) is 21.9. The first kappa shape index (κ1) is 20.2. The van der Waals surface area contributed by atoms with Crippen molar-refractivity contribution in [2.24, 2.45) is 0 Å². The molecule has 0 aliphatic carbocycles. The van der Waals surface area contributed by atoms with Crippen molar-refractivity contribution in [1.82, 2.24) is 14.8 Å². The molecule has 1 N–H and O–H groups in total. The molecule has 9 heteroatoms. The molecule has 1 aliphatic heterocycles. The molecule has 1 aromatic heterocycles. The van der Waals surface area contributed by atoms with Crippen molar-refractivity contribution in [1.29, 1.82) is 0 Å². The molecule has 1 unspecified atom stereocenters. The van der Waals surface area contributed by atoms with E-state index in [0.29, 0.717) is 12.1 Å². The van der Waals surface area contributed by atoms with Gasteiger partial charge in [0.1, 0.15) is 5.76 Å². The van der Waals surface area contributed by atoms with Crippen molar-refractivity contribution < 1.29 is 19.6 Å². The lowest BCUT2D eigenvalue weighted by atomic mass is 9.96. The van der Waals surface area contributed by atoms with E-state index in [1.165, 1.54) is 41.6 Å². The van der Waals surface area contributed by atoms with Crippen molar-refractivity contribution in [3.63, 3.8) is 0 Å². The van der Waals surface area contributed by atoms with Gasteiger partial charge >= 0.3 is 0 Å². The molecule has 2 aromatic rings. The molecule has 0 radical (unpaired) electrons. The Morgan fingerprint density at radius 2 is 1.93 bits per heavy atom. The van der Waals surface area contributed by atoms with Gasteiger partial charge in [0, 0.05) is 43.2 Å². The van der Waals surface area contributed by atoms with Crippen LogP contribution in [0.4, 0.5) is 5.69 Å². The number of carbonyl (C=O) groups excluding carboxylic acids is 2. The first-order valence-electron chi connectivity index (χ1n) is 8.89. The van der Waals surface area contributed by atoms with Crippen molar-refractivity contribution in [3.8, 4) is 0 Å². The zero-order valence-corrected chi connectivity index (χ0v) is 16.0. The molecule has 150 valence electrons. The van der Waals surface area contributed by atoms with Gasteiger partial charge < -0.3 is 14.9 Å². The van der Waals surface area contributed by atoms with Gasteiger partial charge in [-0.25, -0.2) is 0 Å². The smallest absolute Gasteiger partial charge is 0.295 e.